The third kappa shape index (κ3) is 6.01. The number of furan rings is 3. The standard InChI is InChI=1S/C28H38GeO3/c1-4-6-8-10-15-24(3)25(16-11-9-7-5-2)23-29(26-17-12-20-30-26,27-18-13-21-31-27)28-19-14-22-32-28/h12-14,17-23H,3-11,15-16H2,1-2H3/b25-23+. The van der Waals surface area contributed by atoms with Crippen LogP contribution in [0.4, 0.5) is 0 Å². The van der Waals surface area contributed by atoms with Crippen LogP contribution in [-0.4, -0.2) is 13.3 Å². The average molecular weight is 495 g/mol. The molecule has 32 heavy (non-hydrogen) atoms. The predicted octanol–water partition coefficient (Wildman–Crippen LogP) is 6.90. The van der Waals surface area contributed by atoms with Gasteiger partial charge in [0.05, 0.1) is 0 Å². The molecule has 3 nitrogen and oxygen atoms in total. The second-order valence-corrected chi connectivity index (χ2v) is 15.7. The van der Waals surface area contributed by atoms with Gasteiger partial charge in [0.15, 0.2) is 0 Å². The van der Waals surface area contributed by atoms with Gasteiger partial charge in [0, 0.05) is 0 Å². The summed E-state index contributed by atoms with van der Waals surface area (Å²) in [5, 5.41) is 0. The zero-order valence-electron chi connectivity index (χ0n) is 19.8. The first-order valence-electron chi connectivity index (χ1n) is 12.2. The summed E-state index contributed by atoms with van der Waals surface area (Å²) in [4.78, 5) is 2.48. The van der Waals surface area contributed by atoms with E-state index in [0.717, 1.165) is 26.6 Å². The molecule has 0 aliphatic carbocycles. The molecule has 0 fully saturated rings. The van der Waals surface area contributed by atoms with Gasteiger partial charge < -0.3 is 0 Å². The molecule has 0 spiro atoms. The molecule has 0 radical (unpaired) electrons. The average Bonchev–Trinajstić information content (AvgIpc) is 3.60. The van der Waals surface area contributed by atoms with Gasteiger partial charge in [0.1, 0.15) is 0 Å². The molecule has 0 saturated heterocycles. The molecule has 0 aliphatic rings. The van der Waals surface area contributed by atoms with E-state index in [1.165, 1.54) is 62.5 Å². The molecule has 172 valence electrons. The molecule has 0 aliphatic heterocycles. The summed E-state index contributed by atoms with van der Waals surface area (Å²) in [5.41, 5.74) is 2.62. The Hall–Kier alpha value is -2.14. The van der Waals surface area contributed by atoms with Gasteiger partial charge in [-0.25, -0.2) is 0 Å². The molecule has 0 amide bonds. The van der Waals surface area contributed by atoms with E-state index in [2.05, 4.69) is 43.5 Å². The van der Waals surface area contributed by atoms with E-state index in [9.17, 15) is 0 Å². The Labute approximate surface area is 195 Å². The normalized spacial score (nSPS) is 12.4. The van der Waals surface area contributed by atoms with Gasteiger partial charge in [-0.2, -0.15) is 0 Å². The van der Waals surface area contributed by atoms with Crippen molar-refractivity contribution < 1.29 is 13.3 Å². The Morgan fingerprint density at radius 3 is 1.59 bits per heavy atom. The fraction of sp³-hybridized carbons (Fsp3) is 0.429. The van der Waals surface area contributed by atoms with Crippen LogP contribution in [0.25, 0.3) is 0 Å². The van der Waals surface area contributed by atoms with Crippen LogP contribution in [-0.2, 0) is 0 Å². The van der Waals surface area contributed by atoms with E-state index in [4.69, 9.17) is 13.3 Å². The summed E-state index contributed by atoms with van der Waals surface area (Å²) in [5.74, 6) is 0. The Morgan fingerprint density at radius 1 is 0.719 bits per heavy atom. The quantitative estimate of drug-likeness (QED) is 0.131. The van der Waals surface area contributed by atoms with E-state index in [1.807, 2.05) is 18.2 Å². The number of rotatable bonds is 15. The van der Waals surface area contributed by atoms with E-state index in [0.29, 0.717) is 0 Å². The van der Waals surface area contributed by atoms with Crippen molar-refractivity contribution in [2.45, 2.75) is 78.1 Å². The van der Waals surface area contributed by atoms with Crippen molar-refractivity contribution in [3.05, 3.63) is 77.8 Å². The van der Waals surface area contributed by atoms with Gasteiger partial charge in [-0.05, 0) is 0 Å². The maximum atomic E-state index is 6.07. The van der Waals surface area contributed by atoms with Crippen molar-refractivity contribution in [3.63, 3.8) is 0 Å². The predicted molar refractivity (Wildman–Crippen MR) is 136 cm³/mol. The van der Waals surface area contributed by atoms with Crippen LogP contribution in [0.5, 0.6) is 0 Å². The summed E-state index contributed by atoms with van der Waals surface area (Å²) < 4.78 is 21.1. The molecule has 3 heterocycles. The Bertz CT molecular complexity index is 833. The number of hydrogen-bond acceptors (Lipinski definition) is 3. The van der Waals surface area contributed by atoms with Gasteiger partial charge in [0.25, 0.3) is 0 Å². The fourth-order valence-electron chi connectivity index (χ4n) is 4.37. The molecular weight excluding hydrogens is 457 g/mol. The molecule has 0 N–H and O–H groups in total. The Balaban J connectivity index is 2.04. The zero-order chi connectivity index (χ0) is 22.7. The molecule has 3 aromatic rings. The third-order valence-electron chi connectivity index (χ3n) is 6.21. The summed E-state index contributed by atoms with van der Waals surface area (Å²) in [6, 6.07) is 12.2. The van der Waals surface area contributed by atoms with Crippen LogP contribution in [0.15, 0.2) is 91.1 Å². The van der Waals surface area contributed by atoms with Gasteiger partial charge in [-0.1, -0.05) is 0 Å². The molecule has 0 bridgehead atoms. The number of unbranched alkanes of at least 4 members (excludes halogenated alkanes) is 6. The van der Waals surface area contributed by atoms with Crippen LogP contribution in [0.3, 0.4) is 0 Å². The molecule has 3 rings (SSSR count). The topological polar surface area (TPSA) is 39.4 Å². The molecule has 3 aromatic heterocycles. The first-order chi connectivity index (χ1) is 15.7. The summed E-state index contributed by atoms with van der Waals surface area (Å²) in [6.45, 7) is 9.06. The van der Waals surface area contributed by atoms with Gasteiger partial charge >= 0.3 is 196 Å². The van der Waals surface area contributed by atoms with E-state index < -0.39 is 13.3 Å². The second-order valence-electron chi connectivity index (χ2n) is 8.63. The molecule has 0 aromatic carbocycles. The number of allylic oxidation sites excluding steroid dienone is 2. The van der Waals surface area contributed by atoms with E-state index in [-0.39, 0.29) is 0 Å². The van der Waals surface area contributed by atoms with Crippen LogP contribution in [0.1, 0.15) is 78.1 Å². The molecular formula is C28H38GeO3. The summed E-state index contributed by atoms with van der Waals surface area (Å²) in [7, 11) is 0. The summed E-state index contributed by atoms with van der Waals surface area (Å²) in [6.07, 6.45) is 17.3. The van der Waals surface area contributed by atoms with Crippen molar-refractivity contribution in [1.29, 1.82) is 0 Å². The molecule has 0 atom stereocenters. The first-order valence-corrected chi connectivity index (χ1v) is 16.6. The van der Waals surface area contributed by atoms with Gasteiger partial charge in [-0.3, -0.25) is 0 Å². The van der Waals surface area contributed by atoms with E-state index >= 15 is 0 Å². The number of hydrogen-bond donors (Lipinski definition) is 0. The van der Waals surface area contributed by atoms with Crippen molar-refractivity contribution in [2.75, 3.05) is 0 Å². The van der Waals surface area contributed by atoms with Crippen LogP contribution >= 0.6 is 0 Å². The maximum absolute atomic E-state index is 6.07. The van der Waals surface area contributed by atoms with Gasteiger partial charge in [-0.15, -0.1) is 0 Å². The summed E-state index contributed by atoms with van der Waals surface area (Å²) >= 11 is -3.43. The van der Waals surface area contributed by atoms with Crippen molar-refractivity contribution in [2.24, 2.45) is 0 Å². The van der Waals surface area contributed by atoms with Crippen molar-refractivity contribution >= 4 is 27.0 Å². The van der Waals surface area contributed by atoms with Crippen LogP contribution < -0.4 is 13.8 Å². The third-order valence-corrected chi connectivity index (χ3v) is 14.5. The van der Waals surface area contributed by atoms with Crippen LogP contribution in [0, 0.1) is 0 Å². The fourth-order valence-corrected chi connectivity index (χ4v) is 12.5. The second kappa shape index (κ2) is 12.8. The Kier molecular flexibility index (Phi) is 9.79. The minimum atomic E-state index is -3.43. The Morgan fingerprint density at radius 2 is 1.19 bits per heavy atom. The van der Waals surface area contributed by atoms with Crippen LogP contribution in [0.2, 0.25) is 0 Å². The first kappa shape index (κ1) is 24.5. The molecule has 4 heteroatoms. The monoisotopic (exact) mass is 496 g/mol. The van der Waals surface area contributed by atoms with E-state index in [1.54, 1.807) is 18.8 Å². The van der Waals surface area contributed by atoms with Gasteiger partial charge in [0.2, 0.25) is 0 Å². The molecule has 0 unspecified atom stereocenters. The van der Waals surface area contributed by atoms with Crippen molar-refractivity contribution in [1.82, 2.24) is 0 Å². The zero-order valence-corrected chi connectivity index (χ0v) is 21.9. The van der Waals surface area contributed by atoms with Crippen molar-refractivity contribution in [3.8, 4) is 0 Å². The SMILES string of the molecule is C=C(CCCCCC)/C(=[CH]/[Ge]([c]1ccco1)([c]1ccco1)[c]1ccco1)CCCCCC. The molecule has 0 saturated carbocycles. The minimum absolute atomic E-state index is 0.972.